The van der Waals surface area contributed by atoms with Crippen LogP contribution in [0.5, 0.6) is 0 Å². The van der Waals surface area contributed by atoms with Gasteiger partial charge in [-0.05, 0) is 122 Å². The molecular weight excluding hydrogens is 480 g/mol. The fourth-order valence-corrected chi connectivity index (χ4v) is 10.7. The van der Waals surface area contributed by atoms with Gasteiger partial charge in [-0.25, -0.2) is 0 Å². The summed E-state index contributed by atoms with van der Waals surface area (Å²) in [5.41, 5.74) is 1.14. The van der Waals surface area contributed by atoms with E-state index < -0.39 is 5.60 Å². The van der Waals surface area contributed by atoms with Crippen molar-refractivity contribution in [1.29, 1.82) is 0 Å². The SMILES string of the molecule is C[C@@H](CCC(O)(c1ccccc1)c1ccccc1)[C@@H]1CC[C@@H]2[C@H]3CC[C@H]4C[C@@H](O)CC[C@@]4(C)[C@@H]3C[C@@H](O)[C@]21C. The first-order valence-corrected chi connectivity index (χ1v) is 15.9. The molecule has 2 aromatic rings. The van der Waals surface area contributed by atoms with Crippen molar-refractivity contribution in [2.45, 2.75) is 103 Å². The Labute approximate surface area is 236 Å². The quantitative estimate of drug-likeness (QED) is 0.366. The molecule has 2 aromatic carbocycles. The maximum absolute atomic E-state index is 12.1. The third-order valence-corrected chi connectivity index (χ3v) is 13.0. The minimum absolute atomic E-state index is 0.0461. The standard InChI is InChI=1S/C36H50O3/c1-24(18-21-36(39,25-10-6-4-7-11-25)26-12-8-5-9-13-26)30-16-17-31-29-15-14-27-22-28(37)19-20-34(27,2)32(29)23-33(38)35(30,31)3/h4-13,24,27-33,37-39H,14-23H2,1-3H3/t24-,27-,28-,29+,30-,31+,32+,33+,34+,35-/m0/s1. The molecule has 0 aromatic heterocycles. The van der Waals surface area contributed by atoms with Crippen molar-refractivity contribution in [3.8, 4) is 0 Å². The summed E-state index contributed by atoms with van der Waals surface area (Å²) < 4.78 is 0. The van der Waals surface area contributed by atoms with E-state index in [-0.39, 0.29) is 23.0 Å². The van der Waals surface area contributed by atoms with Crippen LogP contribution in [-0.2, 0) is 5.60 Å². The zero-order chi connectivity index (χ0) is 27.4. The highest BCUT2D eigenvalue weighted by Gasteiger charge is 2.63. The zero-order valence-electron chi connectivity index (χ0n) is 24.3. The molecule has 3 nitrogen and oxygen atoms in total. The number of fused-ring (bicyclic) bond motifs is 5. The van der Waals surface area contributed by atoms with Crippen LogP contribution in [0.25, 0.3) is 0 Å². The van der Waals surface area contributed by atoms with Crippen LogP contribution in [0.3, 0.4) is 0 Å². The Bertz CT molecular complexity index is 1080. The third kappa shape index (κ3) is 4.43. The Balaban J connectivity index is 1.22. The van der Waals surface area contributed by atoms with Crippen molar-refractivity contribution >= 4 is 0 Å². The average Bonchev–Trinajstić information content (AvgIpc) is 3.32. The summed E-state index contributed by atoms with van der Waals surface area (Å²) in [6, 6.07) is 20.3. The number of aliphatic hydroxyl groups is 3. The summed E-state index contributed by atoms with van der Waals surface area (Å²) in [5.74, 6) is 3.41. The molecule has 3 N–H and O–H groups in total. The van der Waals surface area contributed by atoms with Gasteiger partial charge in [-0.1, -0.05) is 81.4 Å². The average molecular weight is 531 g/mol. The molecule has 4 saturated carbocycles. The molecule has 4 fully saturated rings. The Morgan fingerprint density at radius 3 is 2.10 bits per heavy atom. The van der Waals surface area contributed by atoms with Gasteiger partial charge in [-0.2, -0.15) is 0 Å². The van der Waals surface area contributed by atoms with Crippen LogP contribution in [0.4, 0.5) is 0 Å². The summed E-state index contributed by atoms with van der Waals surface area (Å²) in [6.07, 6.45) is 10.1. The highest BCUT2D eigenvalue weighted by Crippen LogP contribution is 2.68. The molecule has 0 aliphatic heterocycles. The van der Waals surface area contributed by atoms with Crippen LogP contribution < -0.4 is 0 Å². The van der Waals surface area contributed by atoms with Crippen LogP contribution in [-0.4, -0.2) is 27.5 Å². The maximum atomic E-state index is 12.1. The van der Waals surface area contributed by atoms with Crippen molar-refractivity contribution in [3.63, 3.8) is 0 Å². The van der Waals surface area contributed by atoms with Gasteiger partial charge < -0.3 is 15.3 Å². The van der Waals surface area contributed by atoms with Crippen LogP contribution in [0.15, 0.2) is 60.7 Å². The normalized spacial score (nSPS) is 40.8. The van der Waals surface area contributed by atoms with Gasteiger partial charge in [0.1, 0.15) is 5.60 Å². The molecule has 0 bridgehead atoms. The van der Waals surface area contributed by atoms with E-state index in [1.54, 1.807) is 0 Å². The highest BCUT2D eigenvalue weighted by molar-refractivity contribution is 5.35. The maximum Gasteiger partial charge on any atom is 0.115 e. The first-order valence-electron chi connectivity index (χ1n) is 15.9. The van der Waals surface area contributed by atoms with E-state index in [0.29, 0.717) is 41.9 Å². The smallest absolute Gasteiger partial charge is 0.115 e. The molecular formula is C36H50O3. The van der Waals surface area contributed by atoms with Gasteiger partial charge in [0.15, 0.2) is 0 Å². The molecule has 6 rings (SSSR count). The first kappa shape index (κ1) is 27.5. The Kier molecular flexibility index (Phi) is 7.26. The highest BCUT2D eigenvalue weighted by atomic mass is 16.3. The van der Waals surface area contributed by atoms with Gasteiger partial charge in [0.05, 0.1) is 12.2 Å². The lowest BCUT2D eigenvalue weighted by Gasteiger charge is -2.62. The van der Waals surface area contributed by atoms with E-state index in [9.17, 15) is 15.3 Å². The largest absolute Gasteiger partial charge is 0.393 e. The Hall–Kier alpha value is -1.68. The lowest BCUT2D eigenvalue weighted by molar-refractivity contribution is -0.175. The number of aliphatic hydroxyl groups excluding tert-OH is 2. The summed E-state index contributed by atoms with van der Waals surface area (Å²) >= 11 is 0. The molecule has 0 unspecified atom stereocenters. The minimum Gasteiger partial charge on any atom is -0.393 e. The van der Waals surface area contributed by atoms with E-state index in [4.69, 9.17) is 0 Å². The fourth-order valence-electron chi connectivity index (χ4n) is 10.7. The molecule has 0 heterocycles. The molecule has 0 spiro atoms. The van der Waals surface area contributed by atoms with Crippen molar-refractivity contribution in [2.75, 3.05) is 0 Å². The molecule has 39 heavy (non-hydrogen) atoms. The van der Waals surface area contributed by atoms with Crippen LogP contribution in [0.2, 0.25) is 0 Å². The molecule has 0 saturated heterocycles. The first-order chi connectivity index (χ1) is 18.7. The van der Waals surface area contributed by atoms with Crippen molar-refractivity contribution in [1.82, 2.24) is 0 Å². The predicted octanol–water partition coefficient (Wildman–Crippen LogP) is 7.33. The number of hydrogen-bond donors (Lipinski definition) is 3. The van der Waals surface area contributed by atoms with Gasteiger partial charge in [0.25, 0.3) is 0 Å². The van der Waals surface area contributed by atoms with Gasteiger partial charge in [0.2, 0.25) is 0 Å². The molecule has 10 atom stereocenters. The topological polar surface area (TPSA) is 60.7 Å². The van der Waals surface area contributed by atoms with E-state index in [2.05, 4.69) is 45.0 Å². The molecule has 4 aliphatic rings. The van der Waals surface area contributed by atoms with Gasteiger partial charge >= 0.3 is 0 Å². The summed E-state index contributed by atoms with van der Waals surface area (Å²) in [6.45, 7) is 7.30. The van der Waals surface area contributed by atoms with E-state index >= 15 is 0 Å². The lowest BCUT2D eigenvalue weighted by atomic mass is 9.43. The fraction of sp³-hybridized carbons (Fsp3) is 0.667. The van der Waals surface area contributed by atoms with E-state index in [1.165, 1.54) is 25.7 Å². The second-order valence-corrected chi connectivity index (χ2v) is 14.5. The van der Waals surface area contributed by atoms with Crippen LogP contribution >= 0.6 is 0 Å². The Morgan fingerprint density at radius 1 is 0.821 bits per heavy atom. The van der Waals surface area contributed by atoms with Gasteiger partial charge in [0, 0.05) is 0 Å². The predicted molar refractivity (Wildman–Crippen MR) is 157 cm³/mol. The molecule has 3 heteroatoms. The van der Waals surface area contributed by atoms with Crippen molar-refractivity contribution < 1.29 is 15.3 Å². The third-order valence-electron chi connectivity index (χ3n) is 13.0. The summed E-state index contributed by atoms with van der Waals surface area (Å²) in [4.78, 5) is 0. The van der Waals surface area contributed by atoms with Crippen molar-refractivity contribution in [3.05, 3.63) is 71.8 Å². The van der Waals surface area contributed by atoms with Gasteiger partial charge in [-0.15, -0.1) is 0 Å². The molecule has 0 radical (unpaired) electrons. The van der Waals surface area contributed by atoms with Crippen molar-refractivity contribution in [2.24, 2.45) is 46.3 Å². The number of hydrogen-bond acceptors (Lipinski definition) is 3. The Morgan fingerprint density at radius 2 is 1.46 bits per heavy atom. The molecule has 0 amide bonds. The zero-order valence-corrected chi connectivity index (χ0v) is 24.3. The molecule has 4 aliphatic carbocycles. The van der Waals surface area contributed by atoms with Gasteiger partial charge in [-0.3, -0.25) is 0 Å². The number of rotatable bonds is 6. The lowest BCUT2D eigenvalue weighted by Crippen LogP contribution is -2.58. The molecule has 212 valence electrons. The summed E-state index contributed by atoms with van der Waals surface area (Å²) in [5, 5.41) is 34.5. The van der Waals surface area contributed by atoms with E-state index in [1.807, 2.05) is 36.4 Å². The van der Waals surface area contributed by atoms with Crippen LogP contribution in [0.1, 0.15) is 96.1 Å². The minimum atomic E-state index is -1.01. The van der Waals surface area contributed by atoms with Crippen LogP contribution in [0, 0.1) is 46.3 Å². The monoisotopic (exact) mass is 530 g/mol. The van der Waals surface area contributed by atoms with E-state index in [0.717, 1.165) is 43.2 Å². The second-order valence-electron chi connectivity index (χ2n) is 14.5. The second kappa shape index (κ2) is 10.3. The number of benzene rings is 2. The summed E-state index contributed by atoms with van der Waals surface area (Å²) in [7, 11) is 0.